The van der Waals surface area contributed by atoms with Gasteiger partial charge in [0.05, 0.1) is 18.8 Å². The molecule has 5 unspecified atom stereocenters. The first-order valence-electron chi connectivity index (χ1n) is 23.3. The topological polar surface area (TPSA) is 66.8 Å². The van der Waals surface area contributed by atoms with Crippen LogP contribution in [-0.4, -0.2) is 35.0 Å². The lowest BCUT2D eigenvalue weighted by Crippen LogP contribution is -2.57. The average Bonchev–Trinajstić information content (AvgIpc) is 3.66. The quantitative estimate of drug-likeness (QED) is 0.184. The second-order valence-electron chi connectivity index (χ2n) is 22.4. The minimum Gasteiger partial charge on any atom is -0.466 e. The minimum absolute atomic E-state index is 0.00823. The van der Waals surface area contributed by atoms with Gasteiger partial charge in [-0.15, -0.1) is 0 Å². The van der Waals surface area contributed by atoms with Crippen LogP contribution < -0.4 is 0 Å². The highest BCUT2D eigenvalue weighted by Crippen LogP contribution is 2.70. The fourth-order valence-corrected chi connectivity index (χ4v) is 17.9. The predicted molar refractivity (Wildman–Crippen MR) is 210 cm³/mol. The summed E-state index contributed by atoms with van der Waals surface area (Å²) in [6.45, 7) is 15.9. The number of esters is 1. The first kappa shape index (κ1) is 38.3. The molecule has 8 saturated carbocycles. The van der Waals surface area contributed by atoms with Crippen molar-refractivity contribution in [3.8, 4) is 0 Å². The Labute approximate surface area is 319 Å². The molecular weight excluding hydrogens is 641 g/mol. The van der Waals surface area contributed by atoms with Crippen LogP contribution in [0.1, 0.15) is 183 Å². The molecule has 4 nitrogen and oxygen atoms in total. The summed E-state index contributed by atoms with van der Waals surface area (Å²) in [4.78, 5) is 13.1. The van der Waals surface area contributed by atoms with Crippen molar-refractivity contribution in [2.45, 2.75) is 195 Å². The van der Waals surface area contributed by atoms with Gasteiger partial charge >= 0.3 is 5.97 Å². The average molecular weight is 721 g/mol. The van der Waals surface area contributed by atoms with Crippen molar-refractivity contribution in [1.82, 2.24) is 0 Å². The van der Waals surface area contributed by atoms with Crippen molar-refractivity contribution < 1.29 is 19.7 Å². The summed E-state index contributed by atoms with van der Waals surface area (Å²) in [6, 6.07) is 0. The molecule has 0 aliphatic heterocycles. The van der Waals surface area contributed by atoms with E-state index >= 15 is 0 Å². The van der Waals surface area contributed by atoms with Gasteiger partial charge in [0.2, 0.25) is 0 Å². The number of aliphatic hydroxyl groups is 2. The van der Waals surface area contributed by atoms with E-state index in [1.54, 1.807) is 0 Å². The molecule has 0 amide bonds. The van der Waals surface area contributed by atoms with Crippen molar-refractivity contribution in [2.24, 2.45) is 92.7 Å². The van der Waals surface area contributed by atoms with E-state index in [0.29, 0.717) is 82.0 Å². The molecule has 0 saturated heterocycles. The van der Waals surface area contributed by atoms with Gasteiger partial charge in [-0.25, -0.2) is 0 Å². The lowest BCUT2D eigenvalue weighted by molar-refractivity contribution is -0.164. The highest BCUT2D eigenvalue weighted by Gasteiger charge is 2.64. The smallest absolute Gasteiger partial charge is 0.305 e. The van der Waals surface area contributed by atoms with E-state index in [2.05, 4.69) is 41.5 Å². The molecule has 52 heavy (non-hydrogen) atoms. The molecule has 8 aliphatic rings. The standard InChI is InChI=1S/C48H80O4/c1-30(34-16-18-36-43-38(21-25-47(34,36)5)45(3)23-9-7-13-32(45)28-40(43)49)12-11-27-52-42(51)20-15-31(2)35-17-19-37-44-39(22-26-48(35,37)6)46(4)24-10-8-14-33(46)29-41(44)50/h30-41,43-44,49-50H,7-29H2,1-6H3/t30-,31+,32?,33?,34-,35+,36?,37?,38-,39+,40+,41-,43?,44-,45+,46-,47-,48+/m0/s1. The lowest BCUT2D eigenvalue weighted by atomic mass is 9.44. The largest absolute Gasteiger partial charge is 0.466 e. The summed E-state index contributed by atoms with van der Waals surface area (Å²) in [5, 5.41) is 23.2. The molecule has 0 aromatic heterocycles. The molecule has 296 valence electrons. The number of rotatable bonds is 9. The summed E-state index contributed by atoms with van der Waals surface area (Å²) in [6.07, 6.45) is 26.9. The highest BCUT2D eigenvalue weighted by atomic mass is 16.5. The number of carbonyl (C=O) groups is 1. The van der Waals surface area contributed by atoms with Crippen molar-refractivity contribution in [1.29, 1.82) is 0 Å². The minimum atomic E-state index is -0.108. The van der Waals surface area contributed by atoms with Crippen LogP contribution in [0.15, 0.2) is 0 Å². The van der Waals surface area contributed by atoms with Gasteiger partial charge in [0.25, 0.3) is 0 Å². The van der Waals surface area contributed by atoms with Gasteiger partial charge in [-0.2, -0.15) is 0 Å². The third kappa shape index (κ3) is 6.13. The fourth-order valence-electron chi connectivity index (χ4n) is 17.9. The van der Waals surface area contributed by atoms with Gasteiger partial charge in [-0.05, 0) is 202 Å². The molecule has 0 radical (unpaired) electrons. The van der Waals surface area contributed by atoms with E-state index in [1.165, 1.54) is 103 Å². The van der Waals surface area contributed by atoms with Crippen LogP contribution in [0.3, 0.4) is 0 Å². The van der Waals surface area contributed by atoms with E-state index in [0.717, 1.165) is 55.8 Å². The van der Waals surface area contributed by atoms with Gasteiger partial charge < -0.3 is 14.9 Å². The zero-order valence-electron chi connectivity index (χ0n) is 34.6. The maximum Gasteiger partial charge on any atom is 0.305 e. The van der Waals surface area contributed by atoms with Crippen LogP contribution in [-0.2, 0) is 9.53 Å². The Balaban J connectivity index is 0.792. The van der Waals surface area contributed by atoms with Crippen molar-refractivity contribution >= 4 is 5.97 Å². The number of hydrogen-bond donors (Lipinski definition) is 2. The fraction of sp³-hybridized carbons (Fsp3) is 0.979. The first-order chi connectivity index (χ1) is 24.8. The molecule has 0 aromatic carbocycles. The third-order valence-corrected chi connectivity index (χ3v) is 20.6. The Bertz CT molecular complexity index is 1280. The summed E-state index contributed by atoms with van der Waals surface area (Å²) >= 11 is 0. The van der Waals surface area contributed by atoms with Crippen LogP contribution in [0.4, 0.5) is 0 Å². The molecule has 0 spiro atoms. The third-order valence-electron chi connectivity index (χ3n) is 20.6. The van der Waals surface area contributed by atoms with Gasteiger partial charge in [0, 0.05) is 6.42 Å². The van der Waals surface area contributed by atoms with E-state index in [-0.39, 0.29) is 18.2 Å². The zero-order valence-corrected chi connectivity index (χ0v) is 34.6. The lowest BCUT2D eigenvalue weighted by Gasteiger charge is -2.62. The van der Waals surface area contributed by atoms with Crippen molar-refractivity contribution in [3.05, 3.63) is 0 Å². The monoisotopic (exact) mass is 721 g/mol. The van der Waals surface area contributed by atoms with Crippen LogP contribution in [0, 0.1) is 92.7 Å². The van der Waals surface area contributed by atoms with E-state index in [9.17, 15) is 15.0 Å². The van der Waals surface area contributed by atoms with E-state index in [1.807, 2.05) is 0 Å². The highest BCUT2D eigenvalue weighted by molar-refractivity contribution is 5.69. The van der Waals surface area contributed by atoms with Crippen LogP contribution in [0.25, 0.3) is 0 Å². The predicted octanol–water partition coefficient (Wildman–Crippen LogP) is 11.4. The summed E-state index contributed by atoms with van der Waals surface area (Å²) in [5.41, 5.74) is 1.57. The normalized spacial score (nSPS) is 52.2. The molecule has 4 heteroatoms. The Morgan fingerprint density at radius 3 is 1.56 bits per heavy atom. The van der Waals surface area contributed by atoms with E-state index in [4.69, 9.17) is 4.74 Å². The van der Waals surface area contributed by atoms with Crippen LogP contribution in [0.2, 0.25) is 0 Å². The van der Waals surface area contributed by atoms with Gasteiger partial charge in [0.1, 0.15) is 0 Å². The molecule has 8 rings (SSSR count). The summed E-state index contributed by atoms with van der Waals surface area (Å²) in [7, 11) is 0. The van der Waals surface area contributed by atoms with Crippen molar-refractivity contribution in [2.75, 3.05) is 6.61 Å². The summed E-state index contributed by atoms with van der Waals surface area (Å²) in [5.74, 6) is 7.80. The number of ether oxygens (including phenoxy) is 1. The Morgan fingerprint density at radius 2 is 1.06 bits per heavy atom. The Hall–Kier alpha value is -0.610. The number of aliphatic hydroxyl groups excluding tert-OH is 2. The van der Waals surface area contributed by atoms with Crippen molar-refractivity contribution in [3.63, 3.8) is 0 Å². The number of fused-ring (bicyclic) bond motifs is 10. The van der Waals surface area contributed by atoms with Crippen LogP contribution >= 0.6 is 0 Å². The van der Waals surface area contributed by atoms with Gasteiger partial charge in [0.15, 0.2) is 0 Å². The zero-order chi connectivity index (χ0) is 36.6. The number of carbonyl (C=O) groups excluding carboxylic acids is 1. The molecule has 8 aliphatic carbocycles. The molecule has 0 heterocycles. The maximum atomic E-state index is 13.1. The molecule has 0 bridgehead atoms. The van der Waals surface area contributed by atoms with Crippen LogP contribution in [0.5, 0.6) is 0 Å². The molecular formula is C48H80O4. The summed E-state index contributed by atoms with van der Waals surface area (Å²) < 4.78 is 5.92. The van der Waals surface area contributed by atoms with Gasteiger partial charge in [-0.3, -0.25) is 4.79 Å². The first-order valence-corrected chi connectivity index (χ1v) is 23.3. The van der Waals surface area contributed by atoms with Gasteiger partial charge in [-0.1, -0.05) is 67.2 Å². The SMILES string of the molecule is C[C@H](CCC(=O)OCCC[C@H](C)[C@@H]1CCC2C3[C@H](O)CC4CCCC[C@@]4(C)[C@H]3CC[C@]21C)[C@H]1CCC2[C@H]3[C@@H](CC[C@@]21C)[C@@]1(C)CCCCC1C[C@@H]3O. The second-order valence-corrected chi connectivity index (χ2v) is 22.4. The molecule has 2 N–H and O–H groups in total. The second kappa shape index (κ2) is 14.4. The number of hydrogen-bond acceptors (Lipinski definition) is 4. The van der Waals surface area contributed by atoms with E-state index < -0.39 is 0 Å². The molecule has 18 atom stereocenters. The molecule has 0 aromatic rings. The maximum absolute atomic E-state index is 13.1. The molecule has 8 fully saturated rings. The Morgan fingerprint density at radius 1 is 0.596 bits per heavy atom. The Kier molecular flexibility index (Phi) is 10.6.